The van der Waals surface area contributed by atoms with Crippen molar-refractivity contribution in [2.24, 2.45) is 0 Å². The van der Waals surface area contributed by atoms with E-state index in [9.17, 15) is 33.4 Å². The van der Waals surface area contributed by atoms with E-state index in [2.05, 4.69) is 35.1 Å². The summed E-state index contributed by atoms with van der Waals surface area (Å²) in [7, 11) is -4.58. The van der Waals surface area contributed by atoms with Crippen molar-refractivity contribution in [1.82, 2.24) is 21.3 Å². The van der Waals surface area contributed by atoms with Gasteiger partial charge in [-0.25, -0.2) is 9.36 Å². The van der Waals surface area contributed by atoms with E-state index in [1.807, 2.05) is 11.8 Å². The number of carbonyl (C=O) groups is 5. The van der Waals surface area contributed by atoms with Crippen molar-refractivity contribution in [2.75, 3.05) is 38.7 Å². The Bertz CT molecular complexity index is 1360. The number of urea groups is 1. The molecule has 2 fully saturated rings. The molecular weight excluding hydrogens is 884 g/mol. The third-order valence-electron chi connectivity index (χ3n) is 12.3. The molecule has 0 aromatic rings. The van der Waals surface area contributed by atoms with Gasteiger partial charge in [-0.15, -0.1) is 0 Å². The third-order valence-corrected chi connectivity index (χ3v) is 14.8. The van der Waals surface area contributed by atoms with Gasteiger partial charge in [0.15, 0.2) is 6.10 Å². The SMILES string of the molecule is CCCCCCCCCCCCCC(=O)OC[C@H](COP(=O)(O)OCCNC(=O)CCCCCNC(=O)CCCCC1SCC2NC(=O)NC21)OC(=O)CCCCCCCCCCCCC. The second kappa shape index (κ2) is 39.5. The number of nitrogens with one attached hydrogen (secondary N) is 4. The lowest BCUT2D eigenvalue weighted by Crippen LogP contribution is -2.36. The Morgan fingerprint density at radius 2 is 1.11 bits per heavy atom. The van der Waals surface area contributed by atoms with E-state index in [-0.39, 0.29) is 69.0 Å². The average Bonchev–Trinajstić information content (AvgIpc) is 3.85. The van der Waals surface area contributed by atoms with Gasteiger partial charge in [-0.05, 0) is 38.5 Å². The summed E-state index contributed by atoms with van der Waals surface area (Å²) in [6, 6.07) is 0.308. The Hall–Kier alpha value is -2.39. The number of carbonyl (C=O) groups excluding carboxylic acids is 5. The van der Waals surface area contributed by atoms with Crippen LogP contribution in [0, 0.1) is 0 Å². The number of amides is 4. The fourth-order valence-electron chi connectivity index (χ4n) is 8.32. The summed E-state index contributed by atoms with van der Waals surface area (Å²) < 4.78 is 33.9. The molecule has 0 bridgehead atoms. The first-order chi connectivity index (χ1) is 32.0. The fraction of sp³-hybridized carbons (Fsp3) is 0.898. The maximum atomic E-state index is 12.8. The minimum atomic E-state index is -4.58. The van der Waals surface area contributed by atoms with Crippen molar-refractivity contribution in [3.05, 3.63) is 0 Å². The van der Waals surface area contributed by atoms with Crippen molar-refractivity contribution in [1.29, 1.82) is 0 Å². The zero-order valence-electron chi connectivity index (χ0n) is 41.1. The molecule has 4 unspecified atom stereocenters. The highest BCUT2D eigenvalue weighted by atomic mass is 32.2. The number of phosphoric acid groups is 1. The van der Waals surface area contributed by atoms with Gasteiger partial charge in [0.2, 0.25) is 11.8 Å². The molecule has 2 heterocycles. The molecule has 0 radical (unpaired) electrons. The molecule has 0 spiro atoms. The topological polar surface area (TPSA) is 208 Å². The van der Waals surface area contributed by atoms with Crippen LogP contribution in [0.3, 0.4) is 0 Å². The lowest BCUT2D eigenvalue weighted by atomic mass is 10.0. The molecule has 2 aliphatic rings. The molecular formula is C49H91N4O11PS. The Kier molecular flexibility index (Phi) is 35.7. The number of unbranched alkanes of at least 4 members (excludes halogenated alkanes) is 23. The summed E-state index contributed by atoms with van der Waals surface area (Å²) in [5.41, 5.74) is 0. The number of esters is 2. The summed E-state index contributed by atoms with van der Waals surface area (Å²) in [5, 5.41) is 11.9. The minimum absolute atomic E-state index is 0.0109. The molecule has 4 amide bonds. The van der Waals surface area contributed by atoms with Crippen LogP contribution in [0.2, 0.25) is 0 Å². The molecule has 2 saturated heterocycles. The smallest absolute Gasteiger partial charge is 0.462 e. The highest BCUT2D eigenvalue weighted by Crippen LogP contribution is 2.43. The van der Waals surface area contributed by atoms with Gasteiger partial charge in [-0.1, -0.05) is 155 Å². The summed E-state index contributed by atoms with van der Waals surface area (Å²) in [6.45, 7) is 3.90. The monoisotopic (exact) mass is 975 g/mol. The molecule has 17 heteroatoms. The maximum Gasteiger partial charge on any atom is 0.472 e. The molecule has 5 N–H and O–H groups in total. The first-order valence-electron chi connectivity index (χ1n) is 26.2. The summed E-state index contributed by atoms with van der Waals surface area (Å²) in [4.78, 5) is 71.8. The van der Waals surface area contributed by atoms with E-state index in [0.717, 1.165) is 76.4 Å². The number of thioether (sulfide) groups is 1. The highest BCUT2D eigenvalue weighted by Gasteiger charge is 2.42. The van der Waals surface area contributed by atoms with Crippen LogP contribution in [0.1, 0.15) is 219 Å². The normalized spacial score (nSPS) is 17.9. The second-order valence-corrected chi connectivity index (χ2v) is 21.1. The Labute approximate surface area is 402 Å². The molecule has 0 aliphatic carbocycles. The Morgan fingerprint density at radius 3 is 1.68 bits per heavy atom. The van der Waals surface area contributed by atoms with Crippen molar-refractivity contribution >= 4 is 49.4 Å². The van der Waals surface area contributed by atoms with E-state index in [0.29, 0.717) is 37.5 Å². The van der Waals surface area contributed by atoms with Crippen molar-refractivity contribution in [3.63, 3.8) is 0 Å². The molecule has 384 valence electrons. The summed E-state index contributed by atoms with van der Waals surface area (Å²) >= 11 is 1.88. The molecule has 5 atom stereocenters. The molecule has 0 aromatic heterocycles. The van der Waals surface area contributed by atoms with E-state index in [1.165, 1.54) is 89.9 Å². The van der Waals surface area contributed by atoms with Gasteiger partial charge in [0.25, 0.3) is 0 Å². The number of hydrogen-bond acceptors (Lipinski definition) is 11. The van der Waals surface area contributed by atoms with Crippen LogP contribution in [0.15, 0.2) is 0 Å². The Morgan fingerprint density at radius 1 is 0.621 bits per heavy atom. The van der Waals surface area contributed by atoms with E-state index >= 15 is 0 Å². The predicted octanol–water partition coefficient (Wildman–Crippen LogP) is 10.5. The van der Waals surface area contributed by atoms with Crippen molar-refractivity contribution in [2.45, 2.75) is 243 Å². The largest absolute Gasteiger partial charge is 0.472 e. The molecule has 0 aromatic carbocycles. The first kappa shape index (κ1) is 59.7. The zero-order chi connectivity index (χ0) is 47.9. The second-order valence-electron chi connectivity index (χ2n) is 18.3. The molecule has 15 nitrogen and oxygen atoms in total. The van der Waals surface area contributed by atoms with Crippen LogP contribution in [0.25, 0.3) is 0 Å². The third kappa shape index (κ3) is 32.4. The van der Waals surface area contributed by atoms with Gasteiger partial charge < -0.3 is 35.6 Å². The van der Waals surface area contributed by atoms with Crippen molar-refractivity contribution in [3.8, 4) is 0 Å². The zero-order valence-corrected chi connectivity index (χ0v) is 42.8. The van der Waals surface area contributed by atoms with Gasteiger partial charge in [0.1, 0.15) is 6.61 Å². The van der Waals surface area contributed by atoms with Gasteiger partial charge in [0.05, 0.1) is 25.3 Å². The fourth-order valence-corrected chi connectivity index (χ4v) is 10.6. The van der Waals surface area contributed by atoms with Crippen LogP contribution >= 0.6 is 19.6 Å². The summed E-state index contributed by atoms with van der Waals surface area (Å²) in [5.74, 6) is -0.182. The van der Waals surface area contributed by atoms with Crippen LogP contribution in [0.5, 0.6) is 0 Å². The Balaban J connectivity index is 1.59. The van der Waals surface area contributed by atoms with Crippen LogP contribution < -0.4 is 21.3 Å². The average molecular weight is 975 g/mol. The first-order valence-corrected chi connectivity index (χ1v) is 28.8. The quantitative estimate of drug-likeness (QED) is 0.0167. The molecule has 0 saturated carbocycles. The van der Waals surface area contributed by atoms with Gasteiger partial charge in [0, 0.05) is 49.8 Å². The van der Waals surface area contributed by atoms with Crippen LogP contribution in [-0.2, 0) is 42.3 Å². The van der Waals surface area contributed by atoms with Gasteiger partial charge in [-0.3, -0.25) is 28.2 Å². The van der Waals surface area contributed by atoms with Crippen LogP contribution in [0.4, 0.5) is 4.79 Å². The van der Waals surface area contributed by atoms with Gasteiger partial charge in [-0.2, -0.15) is 11.8 Å². The molecule has 2 aliphatic heterocycles. The van der Waals surface area contributed by atoms with Crippen molar-refractivity contribution < 1.29 is 52.0 Å². The lowest BCUT2D eigenvalue weighted by Gasteiger charge is -2.20. The standard InChI is InChI=1S/C49H91N4O11PS/c1-3-5-7-9-11-13-15-17-19-21-25-33-46(56)61-38-41(64-47(57)34-26-22-20-18-16-14-12-10-8-6-4-2)39-63-65(59,60)62-37-36-51-45(55)31-24-23-29-35-50-44(54)32-28-27-30-43-48-42(40-66-43)52-49(58)53-48/h41-43,48H,3-40H2,1-2H3,(H,50,54)(H,51,55)(H,59,60)(H2,52,53,58)/t41-,42?,43?,48?/m1/s1. The predicted molar refractivity (Wildman–Crippen MR) is 263 cm³/mol. The maximum absolute atomic E-state index is 12.8. The minimum Gasteiger partial charge on any atom is -0.462 e. The molecule has 2 rings (SSSR count). The number of ether oxygens (including phenoxy) is 2. The summed E-state index contributed by atoms with van der Waals surface area (Å²) in [6.07, 6.45) is 30.4. The number of fused-ring (bicyclic) bond motifs is 1. The van der Waals surface area contributed by atoms with E-state index < -0.39 is 32.5 Å². The number of hydrogen-bond donors (Lipinski definition) is 5. The molecule has 66 heavy (non-hydrogen) atoms. The van der Waals surface area contributed by atoms with Crippen LogP contribution in [-0.4, -0.2) is 96.8 Å². The number of phosphoric ester groups is 1. The van der Waals surface area contributed by atoms with E-state index in [1.54, 1.807) is 0 Å². The van der Waals surface area contributed by atoms with Gasteiger partial charge >= 0.3 is 25.8 Å². The number of rotatable bonds is 45. The highest BCUT2D eigenvalue weighted by molar-refractivity contribution is 8.00. The lowest BCUT2D eigenvalue weighted by molar-refractivity contribution is -0.161. The van der Waals surface area contributed by atoms with E-state index in [4.69, 9.17) is 18.5 Å².